The van der Waals surface area contributed by atoms with Gasteiger partial charge in [-0.05, 0) is 55.7 Å². The highest BCUT2D eigenvalue weighted by atomic mass is 16.5. The van der Waals surface area contributed by atoms with Gasteiger partial charge in [0.05, 0.1) is 24.1 Å². The zero-order chi connectivity index (χ0) is 22.6. The molecule has 3 aliphatic rings. The first-order valence-corrected chi connectivity index (χ1v) is 11.7. The second-order valence-electron chi connectivity index (χ2n) is 9.42. The van der Waals surface area contributed by atoms with Gasteiger partial charge >= 0.3 is 0 Å². The smallest absolute Gasteiger partial charge is 0.253 e. The predicted molar refractivity (Wildman–Crippen MR) is 124 cm³/mol. The number of likely N-dealkylation sites (tertiary alicyclic amines) is 1. The van der Waals surface area contributed by atoms with E-state index in [0.717, 1.165) is 54.8 Å². The number of carbonyl (C=O) groups excluding carboxylic acids is 1. The molecule has 2 aliphatic heterocycles. The molecule has 6 heteroatoms. The maximum absolute atomic E-state index is 13.3. The number of fused-ring (bicyclic) bond motifs is 4. The standard InChI is InChI=1S/C27H28N2O4/c1-32-23-18-19(9-10-20(23)26(31)11-5-12-26)25(30)28-16-13-27(14-17-28)24-8-4-15-29(24)21-6-2-3-7-22(21)33-27/h2-4,6-10,15,18,31H,5,11-14,16-17H2,1H3. The Hall–Kier alpha value is -3.25. The van der Waals surface area contributed by atoms with E-state index in [1.54, 1.807) is 13.2 Å². The van der Waals surface area contributed by atoms with Gasteiger partial charge in [0.2, 0.25) is 0 Å². The minimum atomic E-state index is -0.825. The molecule has 0 atom stereocenters. The fourth-order valence-corrected chi connectivity index (χ4v) is 5.57. The van der Waals surface area contributed by atoms with E-state index in [0.29, 0.717) is 24.4 Å². The van der Waals surface area contributed by atoms with E-state index in [-0.39, 0.29) is 5.91 Å². The van der Waals surface area contributed by atoms with Gasteiger partial charge in [0.15, 0.2) is 5.60 Å². The number of hydrogen-bond donors (Lipinski definition) is 1. The summed E-state index contributed by atoms with van der Waals surface area (Å²) in [5.41, 5.74) is 2.32. The molecule has 170 valence electrons. The number of aromatic nitrogens is 1. The summed E-state index contributed by atoms with van der Waals surface area (Å²) in [5, 5.41) is 10.8. The Morgan fingerprint density at radius 1 is 1.03 bits per heavy atom. The van der Waals surface area contributed by atoms with Crippen molar-refractivity contribution in [3.63, 3.8) is 0 Å². The third-order valence-corrected chi connectivity index (χ3v) is 7.63. The molecule has 0 unspecified atom stereocenters. The van der Waals surface area contributed by atoms with Crippen LogP contribution in [0.25, 0.3) is 5.69 Å². The molecule has 2 fully saturated rings. The van der Waals surface area contributed by atoms with Crippen molar-refractivity contribution in [2.75, 3.05) is 20.2 Å². The quantitative estimate of drug-likeness (QED) is 0.651. The summed E-state index contributed by atoms with van der Waals surface area (Å²) in [6, 6.07) is 17.7. The molecule has 2 aromatic carbocycles. The average Bonchev–Trinajstić information content (AvgIpc) is 3.34. The molecule has 6 nitrogen and oxygen atoms in total. The van der Waals surface area contributed by atoms with Gasteiger partial charge in [-0.1, -0.05) is 18.2 Å². The average molecular weight is 445 g/mol. The van der Waals surface area contributed by atoms with E-state index < -0.39 is 11.2 Å². The maximum atomic E-state index is 13.3. The van der Waals surface area contributed by atoms with Crippen LogP contribution in [0.15, 0.2) is 60.8 Å². The van der Waals surface area contributed by atoms with Gasteiger partial charge < -0.3 is 24.0 Å². The fourth-order valence-electron chi connectivity index (χ4n) is 5.57. The number of nitrogens with zero attached hydrogens (tertiary/aromatic N) is 2. The van der Waals surface area contributed by atoms with Crippen molar-refractivity contribution in [1.29, 1.82) is 0 Å². The minimum absolute atomic E-state index is 0.0121. The fraction of sp³-hybridized carbons (Fsp3) is 0.370. The van der Waals surface area contributed by atoms with Crippen molar-refractivity contribution < 1.29 is 19.4 Å². The summed E-state index contributed by atoms with van der Waals surface area (Å²) in [4.78, 5) is 15.2. The van der Waals surface area contributed by atoms with Gasteiger partial charge in [-0.2, -0.15) is 0 Å². The Morgan fingerprint density at radius 3 is 2.55 bits per heavy atom. The first-order valence-electron chi connectivity index (χ1n) is 11.7. The van der Waals surface area contributed by atoms with E-state index in [1.807, 2.05) is 35.2 Å². The molecule has 1 N–H and O–H groups in total. The Labute approximate surface area is 193 Å². The van der Waals surface area contributed by atoms with Crippen molar-refractivity contribution in [1.82, 2.24) is 9.47 Å². The molecule has 0 radical (unpaired) electrons. The summed E-state index contributed by atoms with van der Waals surface area (Å²) in [6.07, 6.45) is 6.01. The minimum Gasteiger partial charge on any atom is -0.496 e. The molecule has 1 spiro atoms. The van der Waals surface area contributed by atoms with Crippen LogP contribution in [0.5, 0.6) is 11.5 Å². The number of aliphatic hydroxyl groups is 1. The highest BCUT2D eigenvalue weighted by molar-refractivity contribution is 5.95. The van der Waals surface area contributed by atoms with E-state index in [9.17, 15) is 9.90 Å². The van der Waals surface area contributed by atoms with Crippen LogP contribution < -0.4 is 9.47 Å². The summed E-state index contributed by atoms with van der Waals surface area (Å²) in [5.74, 6) is 1.46. The third kappa shape index (κ3) is 3.08. The summed E-state index contributed by atoms with van der Waals surface area (Å²) in [7, 11) is 1.59. The summed E-state index contributed by atoms with van der Waals surface area (Å²) >= 11 is 0. The van der Waals surface area contributed by atoms with E-state index in [4.69, 9.17) is 9.47 Å². The second-order valence-corrected chi connectivity index (χ2v) is 9.42. The van der Waals surface area contributed by atoms with Gasteiger partial charge in [-0.25, -0.2) is 0 Å². The SMILES string of the molecule is COc1cc(C(=O)N2CCC3(CC2)Oc2ccccc2-n2cccc23)ccc1C1(O)CCC1. The zero-order valence-corrected chi connectivity index (χ0v) is 18.8. The molecular weight excluding hydrogens is 416 g/mol. The third-order valence-electron chi connectivity index (χ3n) is 7.63. The molecule has 1 saturated carbocycles. The monoisotopic (exact) mass is 444 g/mol. The van der Waals surface area contributed by atoms with Gasteiger partial charge in [0.25, 0.3) is 5.91 Å². The zero-order valence-electron chi connectivity index (χ0n) is 18.8. The van der Waals surface area contributed by atoms with Crippen molar-refractivity contribution in [2.45, 2.75) is 43.3 Å². The Morgan fingerprint density at radius 2 is 1.82 bits per heavy atom. The van der Waals surface area contributed by atoms with Crippen LogP contribution in [0.4, 0.5) is 0 Å². The lowest BCUT2D eigenvalue weighted by Gasteiger charge is -2.45. The molecule has 3 aromatic rings. The number of benzene rings is 2. The van der Waals surface area contributed by atoms with Crippen molar-refractivity contribution in [2.24, 2.45) is 0 Å². The van der Waals surface area contributed by atoms with Crippen molar-refractivity contribution in [3.05, 3.63) is 77.6 Å². The van der Waals surface area contributed by atoms with Gasteiger partial charge in [0, 0.05) is 43.3 Å². The van der Waals surface area contributed by atoms with E-state index >= 15 is 0 Å². The van der Waals surface area contributed by atoms with Crippen molar-refractivity contribution >= 4 is 5.91 Å². The molecule has 0 bridgehead atoms. The lowest BCUT2D eigenvalue weighted by Crippen LogP contribution is -2.50. The molecule has 3 heterocycles. The maximum Gasteiger partial charge on any atom is 0.253 e. The Bertz CT molecular complexity index is 1220. The lowest BCUT2D eigenvalue weighted by atomic mass is 9.74. The molecular formula is C27H28N2O4. The van der Waals surface area contributed by atoms with Crippen LogP contribution >= 0.6 is 0 Å². The largest absolute Gasteiger partial charge is 0.496 e. The Balaban J connectivity index is 1.23. The van der Waals surface area contributed by atoms with Gasteiger partial charge in [-0.3, -0.25) is 4.79 Å². The van der Waals surface area contributed by atoms with Crippen LogP contribution in [0.2, 0.25) is 0 Å². The molecule has 1 amide bonds. The van der Waals surface area contributed by atoms with Gasteiger partial charge in [-0.15, -0.1) is 0 Å². The Kier molecular flexibility index (Phi) is 4.56. The van der Waals surface area contributed by atoms with Crippen LogP contribution in [0.1, 0.15) is 53.7 Å². The number of carbonyl (C=O) groups is 1. The first kappa shape index (κ1) is 20.4. The number of para-hydroxylation sites is 2. The summed E-state index contributed by atoms with van der Waals surface area (Å²) < 4.78 is 14.3. The summed E-state index contributed by atoms with van der Waals surface area (Å²) in [6.45, 7) is 1.22. The van der Waals surface area contributed by atoms with E-state index in [1.165, 1.54) is 0 Å². The molecule has 6 rings (SSSR count). The van der Waals surface area contributed by atoms with Crippen LogP contribution in [-0.2, 0) is 11.2 Å². The van der Waals surface area contributed by atoms with Crippen LogP contribution in [-0.4, -0.2) is 40.7 Å². The predicted octanol–water partition coefficient (Wildman–Crippen LogP) is 4.38. The lowest BCUT2D eigenvalue weighted by molar-refractivity contribution is -0.0405. The number of amides is 1. The van der Waals surface area contributed by atoms with Crippen molar-refractivity contribution in [3.8, 4) is 17.2 Å². The highest BCUT2D eigenvalue weighted by Gasteiger charge is 2.45. The van der Waals surface area contributed by atoms with Crippen LogP contribution in [0.3, 0.4) is 0 Å². The number of piperidine rings is 1. The van der Waals surface area contributed by atoms with E-state index in [2.05, 4.69) is 29.0 Å². The molecule has 1 saturated heterocycles. The number of hydrogen-bond acceptors (Lipinski definition) is 4. The normalized spacial score (nSPS) is 19.8. The molecule has 1 aromatic heterocycles. The molecule has 1 aliphatic carbocycles. The second kappa shape index (κ2) is 7.39. The highest BCUT2D eigenvalue weighted by Crippen LogP contribution is 2.46. The first-order chi connectivity index (χ1) is 16.0. The molecule has 33 heavy (non-hydrogen) atoms. The number of rotatable bonds is 3. The number of methoxy groups -OCH3 is 1. The topological polar surface area (TPSA) is 63.9 Å². The van der Waals surface area contributed by atoms with Gasteiger partial charge in [0.1, 0.15) is 11.5 Å². The number of ether oxygens (including phenoxy) is 2. The van der Waals surface area contributed by atoms with Crippen LogP contribution in [0, 0.1) is 0 Å².